The quantitative estimate of drug-likeness (QED) is 0.652. The van der Waals surface area contributed by atoms with Crippen LogP contribution < -0.4 is 15.4 Å². The predicted octanol–water partition coefficient (Wildman–Crippen LogP) is 2.22. The number of nitrogens with one attached hydrogen (secondary N) is 2. The molecule has 2 N–H and O–H groups in total. The molecule has 6 nitrogen and oxygen atoms in total. The minimum absolute atomic E-state index is 0.701. The lowest BCUT2D eigenvalue weighted by Crippen LogP contribution is -2.36. The first-order valence-electron chi connectivity index (χ1n) is 8.03. The Morgan fingerprint density at radius 2 is 1.92 bits per heavy atom. The van der Waals surface area contributed by atoms with E-state index in [1.54, 1.807) is 14.2 Å². The molecule has 24 heavy (non-hydrogen) atoms. The molecule has 0 aliphatic carbocycles. The highest BCUT2D eigenvalue weighted by Gasteiger charge is 2.09. The lowest BCUT2D eigenvalue weighted by atomic mass is 10.1. The van der Waals surface area contributed by atoms with Gasteiger partial charge >= 0.3 is 0 Å². The highest BCUT2D eigenvalue weighted by Crippen LogP contribution is 2.18. The fraction of sp³-hybridized carbons (Fsp3) is 0.444. The monoisotopic (exact) mass is 329 g/mol. The van der Waals surface area contributed by atoms with Gasteiger partial charge in [0.05, 0.1) is 12.8 Å². The van der Waals surface area contributed by atoms with E-state index in [2.05, 4.69) is 39.8 Å². The van der Waals surface area contributed by atoms with Crippen LogP contribution in [0.4, 0.5) is 0 Å². The first-order valence-corrected chi connectivity index (χ1v) is 8.03. The molecule has 0 saturated heterocycles. The standard InChI is InChI=1S/C18H27N5O/c1-12-9-15(7-8-17(12)24-6)10-20-18(19-4)21-11-16-13(2)22-23(5)14(16)3/h7-9H,10-11H2,1-6H3,(H2,19,20,21). The second-order valence-electron chi connectivity index (χ2n) is 5.86. The number of hydrogen-bond donors (Lipinski definition) is 2. The molecule has 2 aromatic rings. The van der Waals surface area contributed by atoms with Crippen molar-refractivity contribution < 1.29 is 4.74 Å². The van der Waals surface area contributed by atoms with Crippen molar-refractivity contribution in [3.63, 3.8) is 0 Å². The maximum atomic E-state index is 5.29. The molecule has 0 spiro atoms. The van der Waals surface area contributed by atoms with Gasteiger partial charge in [-0.15, -0.1) is 0 Å². The Bertz CT molecular complexity index is 733. The number of benzene rings is 1. The summed E-state index contributed by atoms with van der Waals surface area (Å²) >= 11 is 0. The summed E-state index contributed by atoms with van der Waals surface area (Å²) in [5.74, 6) is 1.68. The Labute approximate surface area is 143 Å². The Balaban J connectivity index is 1.94. The summed E-state index contributed by atoms with van der Waals surface area (Å²) in [5, 5.41) is 11.1. The fourth-order valence-electron chi connectivity index (χ4n) is 2.70. The summed E-state index contributed by atoms with van der Waals surface area (Å²) in [4.78, 5) is 4.28. The number of guanidine groups is 1. The number of aliphatic imine (C=N–C) groups is 1. The molecule has 2 rings (SSSR count). The molecule has 0 fully saturated rings. The van der Waals surface area contributed by atoms with Crippen LogP contribution in [0.1, 0.15) is 28.1 Å². The van der Waals surface area contributed by atoms with Crippen LogP contribution in [-0.2, 0) is 20.1 Å². The third-order valence-electron chi connectivity index (χ3n) is 4.23. The Morgan fingerprint density at radius 1 is 1.21 bits per heavy atom. The van der Waals surface area contributed by atoms with Crippen molar-refractivity contribution in [3.05, 3.63) is 46.3 Å². The molecule has 0 atom stereocenters. The zero-order valence-corrected chi connectivity index (χ0v) is 15.4. The van der Waals surface area contributed by atoms with E-state index in [1.807, 2.05) is 31.6 Å². The first-order chi connectivity index (χ1) is 11.5. The van der Waals surface area contributed by atoms with Gasteiger partial charge in [-0.3, -0.25) is 9.67 Å². The molecule has 0 amide bonds. The van der Waals surface area contributed by atoms with Crippen LogP contribution in [0.2, 0.25) is 0 Å². The van der Waals surface area contributed by atoms with Gasteiger partial charge in [0, 0.05) is 38.4 Å². The Kier molecular flexibility index (Phi) is 5.84. The van der Waals surface area contributed by atoms with Crippen molar-refractivity contribution in [2.24, 2.45) is 12.0 Å². The van der Waals surface area contributed by atoms with Gasteiger partial charge in [0.2, 0.25) is 0 Å². The molecule has 0 aliphatic rings. The zero-order valence-electron chi connectivity index (χ0n) is 15.4. The number of aryl methyl sites for hydroxylation is 3. The van der Waals surface area contributed by atoms with Crippen molar-refractivity contribution in [1.82, 2.24) is 20.4 Å². The largest absolute Gasteiger partial charge is 0.496 e. The van der Waals surface area contributed by atoms with Crippen LogP contribution in [0.15, 0.2) is 23.2 Å². The number of ether oxygens (including phenoxy) is 1. The van der Waals surface area contributed by atoms with Gasteiger partial charge < -0.3 is 15.4 Å². The minimum atomic E-state index is 0.701. The van der Waals surface area contributed by atoms with E-state index in [1.165, 1.54) is 16.8 Å². The van der Waals surface area contributed by atoms with Crippen molar-refractivity contribution in [2.75, 3.05) is 14.2 Å². The fourth-order valence-corrected chi connectivity index (χ4v) is 2.70. The predicted molar refractivity (Wildman–Crippen MR) is 97.5 cm³/mol. The summed E-state index contributed by atoms with van der Waals surface area (Å²) in [6, 6.07) is 6.17. The average molecular weight is 329 g/mol. The average Bonchev–Trinajstić information content (AvgIpc) is 2.80. The van der Waals surface area contributed by atoms with E-state index >= 15 is 0 Å². The van der Waals surface area contributed by atoms with E-state index in [9.17, 15) is 0 Å². The molecule has 1 aromatic carbocycles. The summed E-state index contributed by atoms with van der Waals surface area (Å²) in [5.41, 5.74) is 5.73. The number of hydrogen-bond acceptors (Lipinski definition) is 3. The molecule has 6 heteroatoms. The van der Waals surface area contributed by atoms with Crippen LogP contribution in [0, 0.1) is 20.8 Å². The summed E-state index contributed by atoms with van der Waals surface area (Å²) in [6.45, 7) is 7.55. The summed E-state index contributed by atoms with van der Waals surface area (Å²) < 4.78 is 7.20. The third-order valence-corrected chi connectivity index (χ3v) is 4.23. The molecule has 1 heterocycles. The molecule has 0 aliphatic heterocycles. The van der Waals surface area contributed by atoms with Crippen LogP contribution >= 0.6 is 0 Å². The molecule has 0 saturated carbocycles. The molecule has 1 aromatic heterocycles. The van der Waals surface area contributed by atoms with E-state index in [0.717, 1.165) is 23.0 Å². The smallest absolute Gasteiger partial charge is 0.191 e. The van der Waals surface area contributed by atoms with E-state index < -0.39 is 0 Å². The summed E-state index contributed by atoms with van der Waals surface area (Å²) in [6.07, 6.45) is 0. The maximum absolute atomic E-state index is 5.29. The molecule has 0 bridgehead atoms. The topological polar surface area (TPSA) is 63.5 Å². The van der Waals surface area contributed by atoms with Crippen molar-refractivity contribution >= 4 is 5.96 Å². The van der Waals surface area contributed by atoms with Crippen molar-refractivity contribution in [2.45, 2.75) is 33.9 Å². The van der Waals surface area contributed by atoms with Crippen molar-refractivity contribution in [3.8, 4) is 5.75 Å². The molecular weight excluding hydrogens is 302 g/mol. The third kappa shape index (κ3) is 4.07. The Morgan fingerprint density at radius 3 is 2.46 bits per heavy atom. The lowest BCUT2D eigenvalue weighted by molar-refractivity contribution is 0.411. The highest BCUT2D eigenvalue weighted by molar-refractivity contribution is 5.79. The number of nitrogens with zero attached hydrogens (tertiary/aromatic N) is 3. The van der Waals surface area contributed by atoms with Gasteiger partial charge in [0.15, 0.2) is 5.96 Å². The molecule has 0 unspecified atom stereocenters. The number of methoxy groups -OCH3 is 1. The van der Waals surface area contributed by atoms with Gasteiger partial charge in [0.1, 0.15) is 5.75 Å². The SMILES string of the molecule is CN=C(NCc1ccc(OC)c(C)c1)NCc1c(C)nn(C)c1C. The number of aromatic nitrogens is 2. The molecular formula is C18H27N5O. The van der Waals surface area contributed by atoms with Crippen LogP contribution in [0.25, 0.3) is 0 Å². The van der Waals surface area contributed by atoms with Gasteiger partial charge in [-0.1, -0.05) is 12.1 Å². The lowest BCUT2D eigenvalue weighted by Gasteiger charge is -2.13. The highest BCUT2D eigenvalue weighted by atomic mass is 16.5. The van der Waals surface area contributed by atoms with Gasteiger partial charge in [0.25, 0.3) is 0 Å². The van der Waals surface area contributed by atoms with Crippen LogP contribution in [0.3, 0.4) is 0 Å². The maximum Gasteiger partial charge on any atom is 0.191 e. The first kappa shape index (κ1) is 17.8. The van der Waals surface area contributed by atoms with Gasteiger partial charge in [-0.2, -0.15) is 5.10 Å². The number of rotatable bonds is 5. The molecule has 0 radical (unpaired) electrons. The van der Waals surface area contributed by atoms with Gasteiger partial charge in [-0.25, -0.2) is 0 Å². The van der Waals surface area contributed by atoms with Gasteiger partial charge in [-0.05, 0) is 38.0 Å². The second-order valence-corrected chi connectivity index (χ2v) is 5.86. The van der Waals surface area contributed by atoms with Crippen LogP contribution in [-0.4, -0.2) is 29.9 Å². The van der Waals surface area contributed by atoms with Crippen LogP contribution in [0.5, 0.6) is 5.75 Å². The Hall–Kier alpha value is -2.50. The van der Waals surface area contributed by atoms with E-state index in [-0.39, 0.29) is 0 Å². The van der Waals surface area contributed by atoms with Crippen molar-refractivity contribution in [1.29, 1.82) is 0 Å². The van der Waals surface area contributed by atoms with E-state index in [0.29, 0.717) is 13.1 Å². The second kappa shape index (κ2) is 7.86. The minimum Gasteiger partial charge on any atom is -0.496 e. The summed E-state index contributed by atoms with van der Waals surface area (Å²) in [7, 11) is 5.43. The zero-order chi connectivity index (χ0) is 17.7. The van der Waals surface area contributed by atoms with E-state index in [4.69, 9.17) is 4.74 Å². The normalized spacial score (nSPS) is 11.5. The molecule has 130 valence electrons.